The van der Waals surface area contributed by atoms with Gasteiger partial charge in [0.25, 0.3) is 5.56 Å². The van der Waals surface area contributed by atoms with E-state index < -0.39 is 0 Å². The maximum Gasteiger partial charge on any atom is 0.268 e. The third-order valence-electron chi connectivity index (χ3n) is 2.62. The lowest BCUT2D eigenvalue weighted by Crippen LogP contribution is -2.26. The molecule has 0 radical (unpaired) electrons. The number of hydrogen-bond donors (Lipinski definition) is 1. The van der Waals surface area contributed by atoms with Crippen LogP contribution in [0.15, 0.2) is 11.1 Å². The summed E-state index contributed by atoms with van der Waals surface area (Å²) in [6.45, 7) is 1.44. The number of aromatic nitrogens is 2. The van der Waals surface area contributed by atoms with E-state index >= 15 is 0 Å². The highest BCUT2D eigenvalue weighted by molar-refractivity contribution is 14.1. The number of ether oxygens (including phenoxy) is 1. The van der Waals surface area contributed by atoms with Gasteiger partial charge in [-0.2, -0.15) is 0 Å². The van der Waals surface area contributed by atoms with Crippen LogP contribution in [-0.2, 0) is 0 Å². The highest BCUT2D eigenvalue weighted by atomic mass is 127. The SMILES string of the molecule is CN(CCOc1nc[nH]c(=O)c1I)C1CC1. The fraction of sp³-hybridized carbons (Fsp3) is 0.600. The number of hydrogen-bond acceptors (Lipinski definition) is 4. The van der Waals surface area contributed by atoms with Crippen LogP contribution in [0.1, 0.15) is 12.8 Å². The van der Waals surface area contributed by atoms with Crippen molar-refractivity contribution in [1.29, 1.82) is 0 Å². The number of halogens is 1. The Hall–Kier alpha value is -0.630. The molecule has 1 saturated carbocycles. The Balaban J connectivity index is 1.84. The van der Waals surface area contributed by atoms with Gasteiger partial charge in [-0.1, -0.05) is 0 Å². The Morgan fingerprint density at radius 3 is 3.12 bits per heavy atom. The highest BCUT2D eigenvalue weighted by Gasteiger charge is 2.25. The fourth-order valence-corrected chi connectivity index (χ4v) is 1.90. The van der Waals surface area contributed by atoms with E-state index in [4.69, 9.17) is 4.74 Å². The smallest absolute Gasteiger partial charge is 0.268 e. The minimum absolute atomic E-state index is 0.152. The van der Waals surface area contributed by atoms with E-state index in [9.17, 15) is 4.79 Å². The van der Waals surface area contributed by atoms with Crippen molar-refractivity contribution in [2.75, 3.05) is 20.2 Å². The lowest BCUT2D eigenvalue weighted by molar-refractivity contribution is 0.225. The molecule has 2 rings (SSSR count). The van der Waals surface area contributed by atoms with E-state index in [-0.39, 0.29) is 5.56 Å². The van der Waals surface area contributed by atoms with Crippen LogP contribution in [0, 0.1) is 3.57 Å². The van der Waals surface area contributed by atoms with Gasteiger partial charge in [-0.05, 0) is 42.5 Å². The van der Waals surface area contributed by atoms with Crippen LogP contribution >= 0.6 is 22.6 Å². The molecule has 1 aromatic heterocycles. The first-order chi connectivity index (χ1) is 7.68. The Kier molecular flexibility index (Phi) is 3.80. The van der Waals surface area contributed by atoms with Crippen molar-refractivity contribution >= 4 is 22.6 Å². The summed E-state index contributed by atoms with van der Waals surface area (Å²) in [6.07, 6.45) is 3.94. The number of aromatic amines is 1. The van der Waals surface area contributed by atoms with Crippen LogP contribution in [0.25, 0.3) is 0 Å². The minimum atomic E-state index is -0.152. The third kappa shape index (κ3) is 2.94. The van der Waals surface area contributed by atoms with Gasteiger partial charge < -0.3 is 14.6 Å². The zero-order chi connectivity index (χ0) is 11.5. The fourth-order valence-electron chi connectivity index (χ4n) is 1.45. The third-order valence-corrected chi connectivity index (χ3v) is 3.57. The lowest BCUT2D eigenvalue weighted by atomic mass is 10.5. The molecule has 0 bridgehead atoms. The van der Waals surface area contributed by atoms with Gasteiger partial charge in [0.15, 0.2) is 0 Å². The van der Waals surface area contributed by atoms with Gasteiger partial charge in [-0.15, -0.1) is 0 Å². The molecule has 0 aromatic carbocycles. The summed E-state index contributed by atoms with van der Waals surface area (Å²) in [4.78, 5) is 20.0. The van der Waals surface area contributed by atoms with Crippen molar-refractivity contribution in [2.45, 2.75) is 18.9 Å². The molecule has 0 saturated heterocycles. The zero-order valence-corrected chi connectivity index (χ0v) is 11.2. The average Bonchev–Trinajstić information content (AvgIpc) is 3.07. The molecule has 1 aliphatic rings. The predicted octanol–water partition coefficient (Wildman–Crippen LogP) is 0.848. The number of nitrogens with one attached hydrogen (secondary N) is 1. The molecule has 16 heavy (non-hydrogen) atoms. The van der Waals surface area contributed by atoms with E-state index in [1.807, 2.05) is 22.6 Å². The van der Waals surface area contributed by atoms with Crippen LogP contribution in [0.5, 0.6) is 5.88 Å². The van der Waals surface area contributed by atoms with Crippen LogP contribution in [0.4, 0.5) is 0 Å². The second-order valence-electron chi connectivity index (χ2n) is 3.91. The van der Waals surface area contributed by atoms with Gasteiger partial charge in [0, 0.05) is 12.6 Å². The van der Waals surface area contributed by atoms with Gasteiger partial charge in [-0.25, -0.2) is 4.98 Å². The molecule has 5 nitrogen and oxygen atoms in total. The van der Waals surface area contributed by atoms with E-state index in [0.29, 0.717) is 16.1 Å². The Morgan fingerprint density at radius 1 is 1.69 bits per heavy atom. The van der Waals surface area contributed by atoms with E-state index in [1.165, 1.54) is 19.2 Å². The van der Waals surface area contributed by atoms with Crippen LogP contribution in [-0.4, -0.2) is 41.1 Å². The highest BCUT2D eigenvalue weighted by Crippen LogP contribution is 2.24. The maximum atomic E-state index is 11.3. The molecule has 1 fully saturated rings. The van der Waals surface area contributed by atoms with Crippen LogP contribution < -0.4 is 10.3 Å². The summed E-state index contributed by atoms with van der Waals surface area (Å²) >= 11 is 1.94. The standard InChI is InChI=1S/C10H14IN3O2/c1-14(7-2-3-7)4-5-16-10-8(11)9(15)12-6-13-10/h6-7H,2-5H2,1H3,(H,12,13,15). The minimum Gasteiger partial charge on any atom is -0.475 e. The normalized spacial score (nSPS) is 15.4. The largest absolute Gasteiger partial charge is 0.475 e. The first kappa shape index (κ1) is 11.8. The summed E-state index contributed by atoms with van der Waals surface area (Å²) < 4.78 is 5.99. The van der Waals surface area contributed by atoms with Gasteiger partial charge >= 0.3 is 0 Å². The first-order valence-corrected chi connectivity index (χ1v) is 6.32. The van der Waals surface area contributed by atoms with Gasteiger partial charge in [0.05, 0.1) is 6.33 Å². The Labute approximate surface area is 107 Å². The molecular formula is C10H14IN3O2. The van der Waals surface area contributed by atoms with Crippen molar-refractivity contribution in [3.63, 3.8) is 0 Å². The second-order valence-corrected chi connectivity index (χ2v) is 4.99. The summed E-state index contributed by atoms with van der Waals surface area (Å²) in [6, 6.07) is 0.731. The molecule has 6 heteroatoms. The molecule has 88 valence electrons. The number of nitrogens with zero attached hydrogens (tertiary/aromatic N) is 2. The van der Waals surface area contributed by atoms with E-state index in [1.54, 1.807) is 0 Å². The van der Waals surface area contributed by atoms with Crippen molar-refractivity contribution in [1.82, 2.24) is 14.9 Å². The Morgan fingerprint density at radius 2 is 2.44 bits per heavy atom. The van der Waals surface area contributed by atoms with Gasteiger partial charge in [-0.3, -0.25) is 4.79 Å². The van der Waals surface area contributed by atoms with Crippen molar-refractivity contribution in [3.8, 4) is 5.88 Å². The van der Waals surface area contributed by atoms with Crippen LogP contribution in [0.2, 0.25) is 0 Å². The Bertz CT molecular complexity index is 417. The molecule has 1 heterocycles. The first-order valence-electron chi connectivity index (χ1n) is 5.24. The van der Waals surface area contributed by atoms with Crippen molar-refractivity contribution in [3.05, 3.63) is 20.3 Å². The maximum absolute atomic E-state index is 11.3. The van der Waals surface area contributed by atoms with E-state index in [2.05, 4.69) is 21.9 Å². The summed E-state index contributed by atoms with van der Waals surface area (Å²) in [7, 11) is 2.09. The monoisotopic (exact) mass is 335 g/mol. The van der Waals surface area contributed by atoms with Gasteiger partial charge in [0.1, 0.15) is 10.2 Å². The number of H-pyrrole nitrogens is 1. The molecule has 1 aliphatic carbocycles. The van der Waals surface area contributed by atoms with Gasteiger partial charge in [0.2, 0.25) is 5.88 Å². The predicted molar refractivity (Wildman–Crippen MR) is 68.7 cm³/mol. The molecule has 1 aromatic rings. The second kappa shape index (κ2) is 5.13. The molecule has 0 spiro atoms. The molecule has 0 amide bonds. The number of rotatable bonds is 5. The number of likely N-dealkylation sites (N-methyl/N-ethyl adjacent to an activating group) is 1. The molecule has 0 aliphatic heterocycles. The molecule has 0 unspecified atom stereocenters. The zero-order valence-electron chi connectivity index (χ0n) is 9.07. The molecule has 1 N–H and O–H groups in total. The lowest BCUT2D eigenvalue weighted by Gasteiger charge is -2.15. The van der Waals surface area contributed by atoms with Crippen LogP contribution in [0.3, 0.4) is 0 Å². The van der Waals surface area contributed by atoms with E-state index in [0.717, 1.165) is 12.6 Å². The topological polar surface area (TPSA) is 58.2 Å². The van der Waals surface area contributed by atoms with Crippen molar-refractivity contribution in [2.24, 2.45) is 0 Å². The molecular weight excluding hydrogens is 321 g/mol. The summed E-state index contributed by atoms with van der Waals surface area (Å²) in [5.74, 6) is 0.425. The average molecular weight is 335 g/mol. The van der Waals surface area contributed by atoms with Crippen molar-refractivity contribution < 1.29 is 4.74 Å². The quantitative estimate of drug-likeness (QED) is 0.811. The molecule has 0 atom stereocenters. The summed E-state index contributed by atoms with van der Waals surface area (Å²) in [5, 5.41) is 0. The summed E-state index contributed by atoms with van der Waals surface area (Å²) in [5.41, 5.74) is -0.152.